The normalized spacial score (nSPS) is 11.9. The average Bonchev–Trinajstić information content (AvgIpc) is 2.28. The van der Waals surface area contributed by atoms with Gasteiger partial charge in [-0.3, -0.25) is 9.59 Å². The van der Waals surface area contributed by atoms with Crippen molar-refractivity contribution in [1.82, 2.24) is 10.6 Å². The standard InChI is InChI=1S/C13H26N2O3/c1-11(16)7-6-10-15-13(18)8-4-3-5-9-14-12(2)17/h11,16H,3-10H2,1-2H3,(H,14,17)(H,15,18). The van der Waals surface area contributed by atoms with Crippen LogP contribution >= 0.6 is 0 Å². The molecule has 5 heteroatoms. The molecule has 1 atom stereocenters. The van der Waals surface area contributed by atoms with E-state index in [4.69, 9.17) is 5.11 Å². The van der Waals surface area contributed by atoms with Gasteiger partial charge in [0.2, 0.25) is 11.8 Å². The summed E-state index contributed by atoms with van der Waals surface area (Å²) < 4.78 is 0. The Balaban J connectivity index is 3.24. The SMILES string of the molecule is CC(=O)NCCCCCC(=O)NCCCC(C)O. The van der Waals surface area contributed by atoms with Gasteiger partial charge in [-0.05, 0) is 32.6 Å². The van der Waals surface area contributed by atoms with Gasteiger partial charge in [0.05, 0.1) is 6.10 Å². The number of nitrogens with one attached hydrogen (secondary N) is 2. The number of aliphatic hydroxyl groups is 1. The minimum atomic E-state index is -0.296. The third kappa shape index (κ3) is 13.0. The second kappa shape index (κ2) is 11.0. The van der Waals surface area contributed by atoms with Crippen molar-refractivity contribution in [1.29, 1.82) is 0 Å². The van der Waals surface area contributed by atoms with Crippen LogP contribution in [0.5, 0.6) is 0 Å². The lowest BCUT2D eigenvalue weighted by atomic mass is 10.2. The number of hydrogen-bond donors (Lipinski definition) is 3. The number of rotatable bonds is 10. The molecule has 2 amide bonds. The van der Waals surface area contributed by atoms with Gasteiger partial charge in [0.15, 0.2) is 0 Å². The molecule has 106 valence electrons. The Kier molecular flexibility index (Phi) is 10.3. The number of amides is 2. The van der Waals surface area contributed by atoms with Gasteiger partial charge in [0, 0.05) is 26.4 Å². The van der Waals surface area contributed by atoms with E-state index in [9.17, 15) is 9.59 Å². The predicted octanol–water partition coefficient (Wildman–Crippen LogP) is 0.960. The maximum absolute atomic E-state index is 11.4. The smallest absolute Gasteiger partial charge is 0.219 e. The molecule has 1 unspecified atom stereocenters. The van der Waals surface area contributed by atoms with Crippen LogP contribution < -0.4 is 10.6 Å². The molecular formula is C13H26N2O3. The Morgan fingerprint density at radius 1 is 1.06 bits per heavy atom. The topological polar surface area (TPSA) is 78.4 Å². The molecule has 0 aliphatic heterocycles. The summed E-state index contributed by atoms with van der Waals surface area (Å²) in [6.45, 7) is 4.57. The lowest BCUT2D eigenvalue weighted by Gasteiger charge is -2.06. The average molecular weight is 258 g/mol. The number of carbonyl (C=O) groups is 2. The highest BCUT2D eigenvalue weighted by atomic mass is 16.3. The van der Waals surface area contributed by atoms with Crippen LogP contribution in [0.2, 0.25) is 0 Å². The van der Waals surface area contributed by atoms with Crippen molar-refractivity contribution in [2.24, 2.45) is 0 Å². The van der Waals surface area contributed by atoms with Crippen LogP contribution in [-0.4, -0.2) is 36.1 Å². The lowest BCUT2D eigenvalue weighted by Crippen LogP contribution is -2.25. The van der Waals surface area contributed by atoms with Crippen LogP contribution in [-0.2, 0) is 9.59 Å². The molecule has 0 bridgehead atoms. The van der Waals surface area contributed by atoms with E-state index in [0.29, 0.717) is 19.5 Å². The number of hydrogen-bond acceptors (Lipinski definition) is 3. The van der Waals surface area contributed by atoms with E-state index in [1.165, 1.54) is 6.92 Å². The molecule has 0 fully saturated rings. The summed E-state index contributed by atoms with van der Waals surface area (Å²) in [5, 5.41) is 14.6. The van der Waals surface area contributed by atoms with E-state index in [-0.39, 0.29) is 17.9 Å². The Bertz CT molecular complexity index is 242. The molecule has 0 aromatic carbocycles. The van der Waals surface area contributed by atoms with E-state index < -0.39 is 0 Å². The van der Waals surface area contributed by atoms with Gasteiger partial charge in [-0.25, -0.2) is 0 Å². The maximum atomic E-state index is 11.4. The van der Waals surface area contributed by atoms with Crippen molar-refractivity contribution in [2.45, 2.75) is 58.5 Å². The highest BCUT2D eigenvalue weighted by Gasteiger charge is 2.01. The van der Waals surface area contributed by atoms with Gasteiger partial charge >= 0.3 is 0 Å². The fraction of sp³-hybridized carbons (Fsp3) is 0.846. The van der Waals surface area contributed by atoms with Crippen molar-refractivity contribution in [3.05, 3.63) is 0 Å². The van der Waals surface area contributed by atoms with Crippen LogP contribution in [0.25, 0.3) is 0 Å². The van der Waals surface area contributed by atoms with Gasteiger partial charge < -0.3 is 15.7 Å². The molecule has 0 saturated carbocycles. The van der Waals surface area contributed by atoms with Crippen molar-refractivity contribution in [3.8, 4) is 0 Å². The molecule has 0 aliphatic carbocycles. The van der Waals surface area contributed by atoms with E-state index in [0.717, 1.165) is 32.1 Å². The first kappa shape index (κ1) is 16.9. The van der Waals surface area contributed by atoms with Gasteiger partial charge in [-0.2, -0.15) is 0 Å². The summed E-state index contributed by atoms with van der Waals surface area (Å²) in [4.78, 5) is 22.0. The van der Waals surface area contributed by atoms with E-state index in [1.54, 1.807) is 6.92 Å². The van der Waals surface area contributed by atoms with Gasteiger partial charge in [0.1, 0.15) is 0 Å². The molecule has 0 aromatic rings. The number of carbonyl (C=O) groups excluding carboxylic acids is 2. The molecular weight excluding hydrogens is 232 g/mol. The van der Waals surface area contributed by atoms with Crippen molar-refractivity contribution >= 4 is 11.8 Å². The van der Waals surface area contributed by atoms with Crippen molar-refractivity contribution in [2.75, 3.05) is 13.1 Å². The second-order valence-electron chi connectivity index (χ2n) is 4.63. The largest absolute Gasteiger partial charge is 0.393 e. The van der Waals surface area contributed by atoms with E-state index in [1.807, 2.05) is 0 Å². The Morgan fingerprint density at radius 2 is 1.72 bits per heavy atom. The summed E-state index contributed by atoms with van der Waals surface area (Å²) in [5.41, 5.74) is 0. The monoisotopic (exact) mass is 258 g/mol. The van der Waals surface area contributed by atoms with Crippen LogP contribution in [0.1, 0.15) is 52.4 Å². The van der Waals surface area contributed by atoms with Crippen molar-refractivity contribution in [3.63, 3.8) is 0 Å². The molecule has 18 heavy (non-hydrogen) atoms. The first-order valence-electron chi connectivity index (χ1n) is 6.71. The van der Waals surface area contributed by atoms with E-state index in [2.05, 4.69) is 10.6 Å². The molecule has 0 heterocycles. The summed E-state index contributed by atoms with van der Waals surface area (Å²) in [7, 11) is 0. The maximum Gasteiger partial charge on any atom is 0.219 e. The summed E-state index contributed by atoms with van der Waals surface area (Å²) >= 11 is 0. The van der Waals surface area contributed by atoms with Gasteiger partial charge in [-0.15, -0.1) is 0 Å². The first-order chi connectivity index (χ1) is 8.52. The third-order valence-electron chi connectivity index (χ3n) is 2.58. The molecule has 3 N–H and O–H groups in total. The fourth-order valence-corrected chi connectivity index (χ4v) is 1.57. The Labute approximate surface area is 109 Å². The van der Waals surface area contributed by atoms with Gasteiger partial charge in [0.25, 0.3) is 0 Å². The molecule has 0 radical (unpaired) electrons. The zero-order valence-electron chi connectivity index (χ0n) is 11.5. The molecule has 0 rings (SSSR count). The third-order valence-corrected chi connectivity index (χ3v) is 2.58. The lowest BCUT2D eigenvalue weighted by molar-refractivity contribution is -0.121. The summed E-state index contributed by atoms with van der Waals surface area (Å²) in [6, 6.07) is 0. The van der Waals surface area contributed by atoms with Gasteiger partial charge in [-0.1, -0.05) is 6.42 Å². The minimum Gasteiger partial charge on any atom is -0.393 e. The molecule has 0 aliphatic rings. The predicted molar refractivity (Wildman–Crippen MR) is 71.1 cm³/mol. The minimum absolute atomic E-state index is 0.00847. The summed E-state index contributed by atoms with van der Waals surface area (Å²) in [5.74, 6) is 0.0611. The highest BCUT2D eigenvalue weighted by Crippen LogP contribution is 1.99. The van der Waals surface area contributed by atoms with Crippen LogP contribution in [0.15, 0.2) is 0 Å². The zero-order chi connectivity index (χ0) is 13.8. The van der Waals surface area contributed by atoms with E-state index >= 15 is 0 Å². The molecule has 0 aromatic heterocycles. The highest BCUT2D eigenvalue weighted by molar-refractivity contribution is 5.75. The number of unbranched alkanes of at least 4 members (excludes halogenated alkanes) is 2. The summed E-state index contributed by atoms with van der Waals surface area (Å²) in [6.07, 6.45) is 4.48. The molecule has 0 spiro atoms. The van der Waals surface area contributed by atoms with Crippen molar-refractivity contribution < 1.29 is 14.7 Å². The first-order valence-corrected chi connectivity index (χ1v) is 6.71. The zero-order valence-corrected chi connectivity index (χ0v) is 11.5. The van der Waals surface area contributed by atoms with Crippen LogP contribution in [0.3, 0.4) is 0 Å². The fourth-order valence-electron chi connectivity index (χ4n) is 1.57. The Hall–Kier alpha value is -1.10. The molecule has 5 nitrogen and oxygen atoms in total. The second-order valence-corrected chi connectivity index (χ2v) is 4.63. The van der Waals surface area contributed by atoms with Crippen LogP contribution in [0.4, 0.5) is 0 Å². The number of aliphatic hydroxyl groups excluding tert-OH is 1. The Morgan fingerprint density at radius 3 is 2.33 bits per heavy atom. The molecule has 0 saturated heterocycles. The van der Waals surface area contributed by atoms with Crippen LogP contribution in [0, 0.1) is 0 Å². The quantitative estimate of drug-likeness (QED) is 0.511.